The molecule has 0 aromatic carbocycles. The summed E-state index contributed by atoms with van der Waals surface area (Å²) in [5.74, 6) is -0.519. The van der Waals surface area contributed by atoms with E-state index in [2.05, 4.69) is 5.10 Å². The van der Waals surface area contributed by atoms with Crippen molar-refractivity contribution in [3.8, 4) is 0 Å². The van der Waals surface area contributed by atoms with Crippen LogP contribution in [0, 0.1) is 5.41 Å². The summed E-state index contributed by atoms with van der Waals surface area (Å²) in [6.07, 6.45) is -5.66. The van der Waals surface area contributed by atoms with Crippen LogP contribution in [-0.4, -0.2) is 59.0 Å². The number of hydrogen-bond donors (Lipinski definition) is 1. The van der Waals surface area contributed by atoms with Crippen molar-refractivity contribution in [3.63, 3.8) is 0 Å². The molecule has 0 bridgehead atoms. The van der Waals surface area contributed by atoms with E-state index in [1.165, 1.54) is 7.05 Å². The predicted octanol–water partition coefficient (Wildman–Crippen LogP) is 1.53. The van der Waals surface area contributed by atoms with E-state index in [1.807, 2.05) is 0 Å². The Morgan fingerprint density at radius 3 is 2.55 bits per heavy atom. The number of carbonyl (C=O) groups excluding carboxylic acids is 1. The monoisotopic (exact) mass is 293 g/mol. The van der Waals surface area contributed by atoms with E-state index < -0.39 is 30.1 Å². The van der Waals surface area contributed by atoms with Gasteiger partial charge in [0.05, 0.1) is 30.6 Å². The zero-order valence-electron chi connectivity index (χ0n) is 10.8. The Balaban J connectivity index is 2.01. The number of halogens is 3. The van der Waals surface area contributed by atoms with Gasteiger partial charge in [0.15, 0.2) is 0 Å². The lowest BCUT2D eigenvalue weighted by molar-refractivity contribution is -0.192. The molecule has 6 nitrogen and oxygen atoms in total. The molecule has 20 heavy (non-hydrogen) atoms. The minimum Gasteiger partial charge on any atom is -0.465 e. The summed E-state index contributed by atoms with van der Waals surface area (Å²) < 4.78 is 38.5. The van der Waals surface area contributed by atoms with Gasteiger partial charge in [0.25, 0.3) is 0 Å². The van der Waals surface area contributed by atoms with Crippen LogP contribution in [0.2, 0.25) is 0 Å². The van der Waals surface area contributed by atoms with E-state index >= 15 is 0 Å². The van der Waals surface area contributed by atoms with Crippen LogP contribution < -0.4 is 0 Å². The fourth-order valence-electron chi connectivity index (χ4n) is 2.05. The third kappa shape index (κ3) is 2.70. The molecule has 1 aliphatic heterocycles. The Bertz CT molecular complexity index is 471. The van der Waals surface area contributed by atoms with Crippen LogP contribution in [0.25, 0.3) is 0 Å². The molecule has 1 saturated carbocycles. The fourth-order valence-corrected chi connectivity index (χ4v) is 2.05. The minimum atomic E-state index is -4.34. The SMILES string of the molecule is CN(CC1=NN(CC2(C(F)(F)F)CC2)C(=O)C1)C(=O)O. The van der Waals surface area contributed by atoms with Crippen molar-refractivity contribution in [3.05, 3.63) is 0 Å². The largest absolute Gasteiger partial charge is 0.465 e. The summed E-state index contributed by atoms with van der Waals surface area (Å²) in [5, 5.41) is 13.4. The first kappa shape index (κ1) is 14.6. The highest BCUT2D eigenvalue weighted by Gasteiger charge is 2.64. The molecule has 1 aliphatic carbocycles. The molecule has 1 fully saturated rings. The normalized spacial score (nSPS) is 20.9. The maximum absolute atomic E-state index is 12.8. The van der Waals surface area contributed by atoms with Gasteiger partial charge in [0, 0.05) is 7.05 Å². The Morgan fingerprint density at radius 2 is 2.10 bits per heavy atom. The highest BCUT2D eigenvalue weighted by molar-refractivity contribution is 6.06. The summed E-state index contributed by atoms with van der Waals surface area (Å²) in [6, 6.07) is 0. The van der Waals surface area contributed by atoms with Crippen LogP contribution in [0.1, 0.15) is 19.3 Å². The molecule has 2 aliphatic rings. The van der Waals surface area contributed by atoms with Gasteiger partial charge in [-0.15, -0.1) is 0 Å². The molecular formula is C11H14F3N3O3. The first-order valence-corrected chi connectivity index (χ1v) is 6.02. The topological polar surface area (TPSA) is 73.2 Å². The molecule has 1 N–H and O–H groups in total. The Hall–Kier alpha value is -1.80. The molecule has 1 heterocycles. The molecule has 2 rings (SSSR count). The molecular weight excluding hydrogens is 279 g/mol. The molecule has 0 spiro atoms. The lowest BCUT2D eigenvalue weighted by Gasteiger charge is -2.23. The number of hydrazone groups is 1. The van der Waals surface area contributed by atoms with E-state index in [0.717, 1.165) is 9.91 Å². The Kier molecular flexibility index (Phi) is 3.39. The summed E-state index contributed by atoms with van der Waals surface area (Å²) in [5.41, 5.74) is -1.57. The van der Waals surface area contributed by atoms with Crippen LogP contribution in [0.5, 0.6) is 0 Å². The number of carbonyl (C=O) groups is 2. The average molecular weight is 293 g/mol. The second-order valence-electron chi connectivity index (χ2n) is 5.21. The predicted molar refractivity (Wildman–Crippen MR) is 62.1 cm³/mol. The third-order valence-electron chi connectivity index (χ3n) is 3.56. The van der Waals surface area contributed by atoms with Crippen molar-refractivity contribution < 1.29 is 27.9 Å². The summed E-state index contributed by atoms with van der Waals surface area (Å²) in [4.78, 5) is 23.2. The van der Waals surface area contributed by atoms with Gasteiger partial charge in [-0.1, -0.05) is 0 Å². The maximum Gasteiger partial charge on any atom is 0.407 e. The number of nitrogens with zero attached hydrogens (tertiary/aromatic N) is 3. The van der Waals surface area contributed by atoms with Crippen LogP contribution >= 0.6 is 0 Å². The molecule has 0 radical (unpaired) electrons. The van der Waals surface area contributed by atoms with Crippen LogP contribution in [0.4, 0.5) is 18.0 Å². The zero-order chi connectivity index (χ0) is 15.1. The van der Waals surface area contributed by atoms with Gasteiger partial charge in [0.2, 0.25) is 5.91 Å². The highest BCUT2D eigenvalue weighted by Crippen LogP contribution is 2.58. The quantitative estimate of drug-likeness (QED) is 0.854. The third-order valence-corrected chi connectivity index (χ3v) is 3.56. The summed E-state index contributed by atoms with van der Waals surface area (Å²) in [6.45, 7) is -0.563. The van der Waals surface area contributed by atoms with E-state index in [-0.39, 0.29) is 31.5 Å². The van der Waals surface area contributed by atoms with Crippen molar-refractivity contribution in [1.82, 2.24) is 9.91 Å². The maximum atomic E-state index is 12.8. The molecule has 0 unspecified atom stereocenters. The zero-order valence-corrected chi connectivity index (χ0v) is 10.8. The van der Waals surface area contributed by atoms with Gasteiger partial charge in [-0.05, 0) is 12.8 Å². The smallest absolute Gasteiger partial charge is 0.407 e. The number of alkyl halides is 3. The van der Waals surface area contributed by atoms with Crippen molar-refractivity contribution in [2.45, 2.75) is 25.4 Å². The van der Waals surface area contributed by atoms with Crippen LogP contribution in [-0.2, 0) is 4.79 Å². The van der Waals surface area contributed by atoms with Gasteiger partial charge < -0.3 is 10.0 Å². The lowest BCUT2D eigenvalue weighted by atomic mass is 10.1. The lowest BCUT2D eigenvalue weighted by Crippen LogP contribution is -2.37. The van der Waals surface area contributed by atoms with Gasteiger partial charge in [-0.2, -0.15) is 18.3 Å². The Labute approximate surface area is 112 Å². The van der Waals surface area contributed by atoms with Gasteiger partial charge in [-0.25, -0.2) is 9.80 Å². The second kappa shape index (κ2) is 4.64. The Morgan fingerprint density at radius 1 is 1.50 bits per heavy atom. The van der Waals surface area contributed by atoms with E-state index in [0.29, 0.717) is 0 Å². The van der Waals surface area contributed by atoms with Crippen LogP contribution in [0.3, 0.4) is 0 Å². The minimum absolute atomic E-state index is 0.000161. The van der Waals surface area contributed by atoms with E-state index in [9.17, 15) is 22.8 Å². The van der Waals surface area contributed by atoms with Crippen molar-refractivity contribution in [2.24, 2.45) is 10.5 Å². The molecule has 0 aromatic heterocycles. The number of carboxylic acid groups (broad SMARTS) is 1. The summed E-state index contributed by atoms with van der Waals surface area (Å²) >= 11 is 0. The first-order valence-electron chi connectivity index (χ1n) is 6.02. The second-order valence-corrected chi connectivity index (χ2v) is 5.21. The molecule has 0 aromatic rings. The highest BCUT2D eigenvalue weighted by atomic mass is 19.4. The number of amides is 2. The van der Waals surface area contributed by atoms with E-state index in [4.69, 9.17) is 5.11 Å². The average Bonchev–Trinajstić information content (AvgIpc) is 3.00. The standard InChI is InChI=1S/C11H14F3N3O3/c1-16(9(19)20)5-7-4-8(18)17(15-7)6-10(2-3-10)11(12,13)14/h2-6H2,1H3,(H,19,20). The van der Waals surface area contributed by atoms with Crippen LogP contribution in [0.15, 0.2) is 5.10 Å². The number of rotatable bonds is 4. The van der Waals surface area contributed by atoms with Gasteiger partial charge in [0.1, 0.15) is 0 Å². The van der Waals surface area contributed by atoms with Gasteiger partial charge in [-0.3, -0.25) is 4.79 Å². The van der Waals surface area contributed by atoms with Crippen molar-refractivity contribution in [2.75, 3.05) is 20.1 Å². The fraction of sp³-hybridized carbons (Fsp3) is 0.727. The van der Waals surface area contributed by atoms with Crippen molar-refractivity contribution in [1.29, 1.82) is 0 Å². The molecule has 0 saturated heterocycles. The molecule has 9 heteroatoms. The van der Waals surface area contributed by atoms with Gasteiger partial charge >= 0.3 is 12.3 Å². The first-order chi connectivity index (χ1) is 9.14. The summed E-state index contributed by atoms with van der Waals surface area (Å²) in [7, 11) is 1.30. The van der Waals surface area contributed by atoms with Crippen molar-refractivity contribution >= 4 is 17.7 Å². The molecule has 112 valence electrons. The number of hydrogen-bond acceptors (Lipinski definition) is 3. The molecule has 0 atom stereocenters. The molecule has 2 amide bonds. The van der Waals surface area contributed by atoms with E-state index in [1.54, 1.807) is 0 Å².